The van der Waals surface area contributed by atoms with Gasteiger partial charge in [-0.05, 0) is 60.9 Å². The topological polar surface area (TPSA) is 58.1 Å². The Bertz CT molecular complexity index is 1360. The van der Waals surface area contributed by atoms with Crippen molar-refractivity contribution in [1.82, 2.24) is 15.3 Å². The molecule has 0 spiro atoms. The van der Waals surface area contributed by atoms with E-state index in [4.69, 9.17) is 16.6 Å². The van der Waals surface area contributed by atoms with E-state index in [9.17, 15) is 4.79 Å². The van der Waals surface area contributed by atoms with Crippen LogP contribution in [0.2, 0.25) is 5.15 Å². The number of amides is 1. The zero-order chi connectivity index (χ0) is 27.0. The first-order chi connectivity index (χ1) is 19.0. The number of halogens is 1. The number of piperidine rings is 1. The fourth-order valence-corrected chi connectivity index (χ4v) is 5.97. The number of aromatic nitrogens is 2. The molecule has 1 amide bonds. The van der Waals surface area contributed by atoms with Crippen LogP contribution in [0.25, 0.3) is 0 Å². The Morgan fingerprint density at radius 2 is 1.62 bits per heavy atom. The highest BCUT2D eigenvalue weighted by atomic mass is 35.5. The Labute approximate surface area is 240 Å². The first kappa shape index (κ1) is 27.2. The average molecular weight is 557 g/mol. The molecule has 0 aliphatic carbocycles. The van der Waals surface area contributed by atoms with Crippen LogP contribution in [0.5, 0.6) is 0 Å². The van der Waals surface area contributed by atoms with Crippen molar-refractivity contribution >= 4 is 35.1 Å². The fraction of sp³-hybridized carbons (Fsp3) is 0.281. The van der Waals surface area contributed by atoms with E-state index in [-0.39, 0.29) is 11.9 Å². The van der Waals surface area contributed by atoms with Gasteiger partial charge in [-0.15, -0.1) is 0 Å². The summed E-state index contributed by atoms with van der Waals surface area (Å²) >= 11 is 7.95. The minimum Gasteiger partial charge on any atom is -0.356 e. The molecule has 1 unspecified atom stereocenters. The van der Waals surface area contributed by atoms with E-state index in [0.29, 0.717) is 27.5 Å². The standard InChI is InChI=1S/C32H33ClN4OS/c1-23(27-10-6-3-7-11-27)34-31(38)28-14-12-26(13-15-28)22-39-32-35-29(33)21-30(36-32)37-18-16-25(17-19-37)20-24-8-4-2-5-9-24/h2-15,21,23,25H,16-20,22H2,1H3,(H,34,38). The smallest absolute Gasteiger partial charge is 0.251 e. The Morgan fingerprint density at radius 1 is 0.949 bits per heavy atom. The third-order valence-corrected chi connectivity index (χ3v) is 8.31. The highest BCUT2D eigenvalue weighted by Crippen LogP contribution is 2.29. The van der Waals surface area contributed by atoms with E-state index >= 15 is 0 Å². The van der Waals surface area contributed by atoms with Gasteiger partial charge < -0.3 is 10.2 Å². The molecule has 5 rings (SSSR count). The molecule has 5 nitrogen and oxygen atoms in total. The molecule has 1 N–H and O–H groups in total. The van der Waals surface area contributed by atoms with Crippen molar-refractivity contribution in [3.8, 4) is 0 Å². The second-order valence-electron chi connectivity index (χ2n) is 10.0. The molecular formula is C32H33ClN4OS. The second kappa shape index (κ2) is 13.1. The number of thioether (sulfide) groups is 1. The number of carbonyl (C=O) groups excluding carboxylic acids is 1. The lowest BCUT2D eigenvalue weighted by Crippen LogP contribution is -2.35. The molecule has 7 heteroatoms. The summed E-state index contributed by atoms with van der Waals surface area (Å²) in [5.74, 6) is 2.21. The van der Waals surface area contributed by atoms with Gasteiger partial charge in [0.1, 0.15) is 11.0 Å². The van der Waals surface area contributed by atoms with Crippen LogP contribution in [0.1, 0.15) is 52.9 Å². The maximum Gasteiger partial charge on any atom is 0.251 e. The Hall–Kier alpha value is -3.35. The normalized spacial score (nSPS) is 14.7. The number of rotatable bonds is 9. The van der Waals surface area contributed by atoms with E-state index in [0.717, 1.165) is 49.3 Å². The number of hydrogen-bond acceptors (Lipinski definition) is 5. The molecule has 39 heavy (non-hydrogen) atoms. The molecule has 3 aromatic carbocycles. The van der Waals surface area contributed by atoms with Crippen molar-refractivity contribution in [2.75, 3.05) is 18.0 Å². The Kier molecular flexibility index (Phi) is 9.17. The Morgan fingerprint density at radius 3 is 2.31 bits per heavy atom. The third kappa shape index (κ3) is 7.61. The van der Waals surface area contributed by atoms with Crippen LogP contribution < -0.4 is 10.2 Å². The van der Waals surface area contributed by atoms with Crippen LogP contribution in [-0.2, 0) is 12.2 Å². The van der Waals surface area contributed by atoms with Gasteiger partial charge in [0.15, 0.2) is 5.16 Å². The summed E-state index contributed by atoms with van der Waals surface area (Å²) in [5, 5.41) is 4.20. The zero-order valence-electron chi connectivity index (χ0n) is 22.1. The van der Waals surface area contributed by atoms with Gasteiger partial charge in [0.25, 0.3) is 5.91 Å². The maximum absolute atomic E-state index is 12.7. The third-order valence-electron chi connectivity index (χ3n) is 7.20. The highest BCUT2D eigenvalue weighted by molar-refractivity contribution is 7.98. The summed E-state index contributed by atoms with van der Waals surface area (Å²) in [6.07, 6.45) is 3.42. The van der Waals surface area contributed by atoms with Crippen molar-refractivity contribution in [2.45, 2.75) is 43.1 Å². The molecule has 1 atom stereocenters. The number of carbonyl (C=O) groups is 1. The number of hydrogen-bond donors (Lipinski definition) is 1. The van der Waals surface area contributed by atoms with Gasteiger partial charge >= 0.3 is 0 Å². The Balaban J connectivity index is 1.13. The average Bonchev–Trinajstić information content (AvgIpc) is 2.97. The highest BCUT2D eigenvalue weighted by Gasteiger charge is 2.21. The van der Waals surface area contributed by atoms with Gasteiger partial charge in [-0.25, -0.2) is 9.97 Å². The molecule has 4 aromatic rings. The van der Waals surface area contributed by atoms with Crippen molar-refractivity contribution in [3.63, 3.8) is 0 Å². The first-order valence-electron chi connectivity index (χ1n) is 13.4. The monoisotopic (exact) mass is 556 g/mol. The molecule has 0 saturated carbocycles. The number of nitrogens with one attached hydrogen (secondary N) is 1. The first-order valence-corrected chi connectivity index (χ1v) is 14.8. The van der Waals surface area contributed by atoms with Crippen molar-refractivity contribution in [1.29, 1.82) is 0 Å². The molecule has 1 saturated heterocycles. The maximum atomic E-state index is 12.7. The molecule has 1 aromatic heterocycles. The molecule has 1 aliphatic heterocycles. The summed E-state index contributed by atoms with van der Waals surface area (Å²) in [6, 6.07) is 30.2. The summed E-state index contributed by atoms with van der Waals surface area (Å²) in [7, 11) is 0. The molecule has 200 valence electrons. The molecule has 0 bridgehead atoms. The largest absolute Gasteiger partial charge is 0.356 e. The summed E-state index contributed by atoms with van der Waals surface area (Å²) in [6.45, 7) is 3.94. The predicted octanol–water partition coefficient (Wildman–Crippen LogP) is 7.37. The predicted molar refractivity (Wildman–Crippen MR) is 160 cm³/mol. The summed E-state index contributed by atoms with van der Waals surface area (Å²) < 4.78 is 0. The van der Waals surface area contributed by atoms with Crippen LogP contribution in [-0.4, -0.2) is 29.0 Å². The molecule has 1 fully saturated rings. The van der Waals surface area contributed by atoms with E-state index in [1.165, 1.54) is 5.56 Å². The quantitative estimate of drug-likeness (QED) is 0.132. The summed E-state index contributed by atoms with van der Waals surface area (Å²) in [4.78, 5) is 24.3. The van der Waals surface area contributed by atoms with Gasteiger partial charge in [-0.1, -0.05) is 96.2 Å². The van der Waals surface area contributed by atoms with Crippen LogP contribution in [0.3, 0.4) is 0 Å². The molecule has 2 heterocycles. The number of nitrogens with zero attached hydrogens (tertiary/aromatic N) is 3. The lowest BCUT2D eigenvalue weighted by atomic mass is 9.90. The zero-order valence-corrected chi connectivity index (χ0v) is 23.7. The summed E-state index contributed by atoms with van der Waals surface area (Å²) in [5.41, 5.74) is 4.23. The van der Waals surface area contributed by atoms with E-state index in [1.807, 2.05) is 67.6 Å². The van der Waals surface area contributed by atoms with E-state index < -0.39 is 0 Å². The molecule has 1 aliphatic rings. The van der Waals surface area contributed by atoms with Crippen molar-refractivity contribution in [3.05, 3.63) is 118 Å². The molecule has 0 radical (unpaired) electrons. The second-order valence-corrected chi connectivity index (χ2v) is 11.4. The van der Waals surface area contributed by atoms with Gasteiger partial charge in [0.2, 0.25) is 0 Å². The fourth-order valence-electron chi connectivity index (χ4n) is 4.93. The van der Waals surface area contributed by atoms with Crippen LogP contribution in [0, 0.1) is 5.92 Å². The van der Waals surface area contributed by atoms with E-state index in [1.54, 1.807) is 11.8 Å². The van der Waals surface area contributed by atoms with Crippen LogP contribution >= 0.6 is 23.4 Å². The molecular weight excluding hydrogens is 524 g/mol. The van der Waals surface area contributed by atoms with Crippen LogP contribution in [0.4, 0.5) is 5.82 Å². The number of benzene rings is 3. The van der Waals surface area contributed by atoms with Gasteiger partial charge in [-0.3, -0.25) is 4.79 Å². The minimum absolute atomic E-state index is 0.0576. The van der Waals surface area contributed by atoms with E-state index in [2.05, 4.69) is 45.5 Å². The lowest BCUT2D eigenvalue weighted by molar-refractivity contribution is 0.0940. The number of anilines is 1. The van der Waals surface area contributed by atoms with Gasteiger partial charge in [-0.2, -0.15) is 0 Å². The SMILES string of the molecule is CC(NC(=O)c1ccc(CSc2nc(Cl)cc(N3CCC(Cc4ccccc4)CC3)n2)cc1)c1ccccc1. The van der Waals surface area contributed by atoms with Crippen molar-refractivity contribution < 1.29 is 4.79 Å². The van der Waals surface area contributed by atoms with Gasteiger partial charge in [0.05, 0.1) is 6.04 Å². The van der Waals surface area contributed by atoms with Gasteiger partial charge in [0, 0.05) is 30.5 Å². The minimum atomic E-state index is -0.0825. The van der Waals surface area contributed by atoms with Crippen LogP contribution in [0.15, 0.2) is 96.2 Å². The van der Waals surface area contributed by atoms with Crippen molar-refractivity contribution in [2.24, 2.45) is 5.92 Å². The lowest BCUT2D eigenvalue weighted by Gasteiger charge is -2.33.